The topological polar surface area (TPSA) is 75.9 Å². The Morgan fingerprint density at radius 1 is 1.17 bits per heavy atom. The van der Waals surface area contributed by atoms with Crippen molar-refractivity contribution < 1.29 is 18.8 Å². The summed E-state index contributed by atoms with van der Waals surface area (Å²) in [4.78, 5) is 27.5. The van der Waals surface area contributed by atoms with Crippen LogP contribution in [0.15, 0.2) is 47.4 Å². The van der Waals surface area contributed by atoms with Gasteiger partial charge in [0.15, 0.2) is 0 Å². The Morgan fingerprint density at radius 2 is 1.86 bits per heavy atom. The van der Waals surface area contributed by atoms with E-state index in [0.29, 0.717) is 38.5 Å². The average Bonchev–Trinajstić information content (AvgIpc) is 2.73. The minimum absolute atomic E-state index is 0.0340. The first kappa shape index (κ1) is 21.1. The summed E-state index contributed by atoms with van der Waals surface area (Å²) >= 11 is 1.37. The molecule has 0 N–H and O–H groups in total. The van der Waals surface area contributed by atoms with E-state index >= 15 is 0 Å². The van der Waals surface area contributed by atoms with Gasteiger partial charge >= 0.3 is 0 Å². The average molecular weight is 419 g/mol. The molecule has 29 heavy (non-hydrogen) atoms. The van der Waals surface area contributed by atoms with Crippen LogP contribution in [0.25, 0.3) is 0 Å². The molecule has 7 nitrogen and oxygen atoms in total. The highest BCUT2D eigenvalue weighted by Crippen LogP contribution is 2.23. The molecular formula is C20H22FN3O4S. The second-order valence-electron chi connectivity index (χ2n) is 6.65. The molecule has 1 heterocycles. The number of benzene rings is 2. The molecule has 9 heteroatoms. The van der Waals surface area contributed by atoms with E-state index in [0.717, 1.165) is 10.5 Å². The number of piperazine rings is 1. The summed E-state index contributed by atoms with van der Waals surface area (Å²) < 4.78 is 18.8. The number of amides is 1. The monoisotopic (exact) mass is 419 g/mol. The van der Waals surface area contributed by atoms with Crippen molar-refractivity contribution in [3.63, 3.8) is 0 Å². The van der Waals surface area contributed by atoms with Crippen molar-refractivity contribution in [2.75, 3.05) is 39.0 Å². The molecule has 0 aliphatic carbocycles. The number of rotatable bonds is 7. The van der Waals surface area contributed by atoms with E-state index in [1.807, 2.05) is 4.90 Å². The van der Waals surface area contributed by atoms with Gasteiger partial charge in [0.25, 0.3) is 5.69 Å². The Bertz CT molecular complexity index is 871. The Hall–Kier alpha value is -2.65. The largest absolute Gasteiger partial charge is 0.496 e. The molecular weight excluding hydrogens is 397 g/mol. The Morgan fingerprint density at radius 3 is 2.48 bits per heavy atom. The lowest BCUT2D eigenvalue weighted by atomic mass is 10.1. The summed E-state index contributed by atoms with van der Waals surface area (Å²) in [7, 11) is 1.57. The van der Waals surface area contributed by atoms with Crippen LogP contribution in [0.2, 0.25) is 0 Å². The van der Waals surface area contributed by atoms with Crippen molar-refractivity contribution in [2.24, 2.45) is 0 Å². The molecule has 0 radical (unpaired) electrons. The lowest BCUT2D eigenvalue weighted by molar-refractivity contribution is -0.384. The lowest BCUT2D eigenvalue weighted by Gasteiger charge is -2.35. The number of halogens is 1. The predicted octanol–water partition coefficient (Wildman–Crippen LogP) is 3.18. The molecule has 2 aromatic carbocycles. The molecule has 3 rings (SSSR count). The number of thioether (sulfide) groups is 1. The minimum atomic E-state index is -0.446. The van der Waals surface area contributed by atoms with Gasteiger partial charge < -0.3 is 9.64 Å². The summed E-state index contributed by atoms with van der Waals surface area (Å²) in [5, 5.41) is 10.7. The van der Waals surface area contributed by atoms with E-state index in [-0.39, 0.29) is 23.2 Å². The zero-order valence-electron chi connectivity index (χ0n) is 16.0. The molecule has 1 aliphatic rings. The van der Waals surface area contributed by atoms with Gasteiger partial charge in [0, 0.05) is 55.3 Å². The number of ether oxygens (including phenoxy) is 1. The first-order valence-electron chi connectivity index (χ1n) is 9.16. The molecule has 154 valence electrons. The zero-order chi connectivity index (χ0) is 20.8. The molecule has 0 atom stereocenters. The quantitative estimate of drug-likeness (QED) is 0.390. The van der Waals surface area contributed by atoms with Gasteiger partial charge in [-0.15, -0.1) is 11.8 Å². The fourth-order valence-corrected chi connectivity index (χ4v) is 3.97. The van der Waals surface area contributed by atoms with E-state index in [4.69, 9.17) is 4.74 Å². The van der Waals surface area contributed by atoms with Gasteiger partial charge in [0.2, 0.25) is 5.91 Å². The highest BCUT2D eigenvalue weighted by molar-refractivity contribution is 8.00. The van der Waals surface area contributed by atoms with Gasteiger partial charge in [-0.05, 0) is 30.3 Å². The van der Waals surface area contributed by atoms with E-state index in [9.17, 15) is 19.3 Å². The number of hydrogen-bond acceptors (Lipinski definition) is 6. The van der Waals surface area contributed by atoms with E-state index in [2.05, 4.69) is 4.90 Å². The standard InChI is InChI=1S/C20H22FN3O4S/c1-28-19-7-2-16(21)12-15(19)13-22-8-10-23(11-9-22)20(25)14-29-18-5-3-17(4-6-18)24(26)27/h2-7,12H,8-11,13-14H2,1H3. The summed E-state index contributed by atoms with van der Waals surface area (Å²) in [5.74, 6) is 0.689. The second-order valence-corrected chi connectivity index (χ2v) is 7.70. The molecule has 0 spiro atoms. The third-order valence-corrected chi connectivity index (χ3v) is 5.77. The van der Waals surface area contributed by atoms with Crippen LogP contribution in [-0.2, 0) is 11.3 Å². The third kappa shape index (κ3) is 5.68. The minimum Gasteiger partial charge on any atom is -0.496 e. The van der Waals surface area contributed by atoms with Gasteiger partial charge in [0.05, 0.1) is 17.8 Å². The third-order valence-electron chi connectivity index (χ3n) is 4.77. The van der Waals surface area contributed by atoms with Crippen LogP contribution in [0.3, 0.4) is 0 Å². The number of nitrogens with zero attached hydrogens (tertiary/aromatic N) is 3. The normalized spacial score (nSPS) is 14.6. The summed E-state index contributed by atoms with van der Waals surface area (Å²) in [5.41, 5.74) is 0.827. The van der Waals surface area contributed by atoms with Crippen LogP contribution in [0.5, 0.6) is 5.75 Å². The van der Waals surface area contributed by atoms with Crippen molar-refractivity contribution >= 4 is 23.4 Å². The number of nitro benzene ring substituents is 1. The molecule has 1 amide bonds. The van der Waals surface area contributed by atoms with Crippen molar-refractivity contribution in [3.8, 4) is 5.75 Å². The maximum absolute atomic E-state index is 13.5. The maximum atomic E-state index is 13.5. The van der Waals surface area contributed by atoms with Crippen LogP contribution < -0.4 is 4.74 Å². The van der Waals surface area contributed by atoms with E-state index in [1.54, 1.807) is 25.3 Å². The van der Waals surface area contributed by atoms with Gasteiger partial charge in [-0.2, -0.15) is 0 Å². The first-order chi connectivity index (χ1) is 14.0. The molecule has 0 saturated carbocycles. The van der Waals surface area contributed by atoms with Crippen LogP contribution in [0, 0.1) is 15.9 Å². The van der Waals surface area contributed by atoms with E-state index < -0.39 is 4.92 Å². The SMILES string of the molecule is COc1ccc(F)cc1CN1CCN(C(=O)CSc2ccc([N+](=O)[O-])cc2)CC1. The molecule has 0 bridgehead atoms. The van der Waals surface area contributed by atoms with Crippen molar-refractivity contribution in [1.29, 1.82) is 0 Å². The second kappa shape index (κ2) is 9.71. The highest BCUT2D eigenvalue weighted by Gasteiger charge is 2.22. The Kier molecular flexibility index (Phi) is 7.05. The van der Waals surface area contributed by atoms with Crippen LogP contribution >= 0.6 is 11.8 Å². The number of methoxy groups -OCH3 is 1. The number of carbonyl (C=O) groups is 1. The van der Waals surface area contributed by atoms with Crippen molar-refractivity contribution in [2.45, 2.75) is 11.4 Å². The molecule has 0 unspecified atom stereocenters. The number of carbonyl (C=O) groups excluding carboxylic acids is 1. The summed E-state index contributed by atoms with van der Waals surface area (Å²) in [6.45, 7) is 3.19. The van der Waals surface area contributed by atoms with Crippen LogP contribution in [0.1, 0.15) is 5.56 Å². The van der Waals surface area contributed by atoms with Crippen molar-refractivity contribution in [3.05, 3.63) is 64.0 Å². The molecule has 1 fully saturated rings. The molecule has 2 aromatic rings. The lowest BCUT2D eigenvalue weighted by Crippen LogP contribution is -2.48. The number of hydrogen-bond donors (Lipinski definition) is 0. The van der Waals surface area contributed by atoms with Crippen LogP contribution in [-0.4, -0.2) is 59.7 Å². The Balaban J connectivity index is 1.47. The van der Waals surface area contributed by atoms with Gasteiger partial charge in [-0.3, -0.25) is 19.8 Å². The fraction of sp³-hybridized carbons (Fsp3) is 0.350. The maximum Gasteiger partial charge on any atom is 0.269 e. The fourth-order valence-electron chi connectivity index (χ4n) is 3.17. The summed E-state index contributed by atoms with van der Waals surface area (Å²) in [6, 6.07) is 10.7. The number of nitro groups is 1. The van der Waals surface area contributed by atoms with Gasteiger partial charge in [-0.1, -0.05) is 0 Å². The first-order valence-corrected chi connectivity index (χ1v) is 10.1. The number of non-ortho nitro benzene ring substituents is 1. The van der Waals surface area contributed by atoms with E-state index in [1.165, 1.54) is 36.0 Å². The highest BCUT2D eigenvalue weighted by atomic mass is 32.2. The Labute approximate surface area is 172 Å². The molecule has 0 aromatic heterocycles. The van der Waals surface area contributed by atoms with Gasteiger partial charge in [0.1, 0.15) is 11.6 Å². The molecule has 1 aliphatic heterocycles. The van der Waals surface area contributed by atoms with Crippen molar-refractivity contribution in [1.82, 2.24) is 9.80 Å². The smallest absolute Gasteiger partial charge is 0.269 e. The predicted molar refractivity (Wildman–Crippen MR) is 109 cm³/mol. The summed E-state index contributed by atoms with van der Waals surface area (Å²) in [6.07, 6.45) is 0. The van der Waals surface area contributed by atoms with Gasteiger partial charge in [-0.25, -0.2) is 4.39 Å². The molecule has 1 saturated heterocycles. The van der Waals surface area contributed by atoms with Crippen LogP contribution in [0.4, 0.5) is 10.1 Å². The zero-order valence-corrected chi connectivity index (χ0v) is 16.9.